The molecule has 1 aromatic carbocycles. The molecule has 1 atom stereocenters. The summed E-state index contributed by atoms with van der Waals surface area (Å²) in [5.74, 6) is -1.06. The van der Waals surface area contributed by atoms with Gasteiger partial charge in [0.05, 0.1) is 0 Å². The first-order chi connectivity index (χ1) is 7.23. The van der Waals surface area contributed by atoms with Gasteiger partial charge in [0.15, 0.2) is 0 Å². The molecule has 0 heterocycles. The van der Waals surface area contributed by atoms with Gasteiger partial charge >= 0.3 is 5.97 Å². The van der Waals surface area contributed by atoms with E-state index in [0.717, 1.165) is 5.56 Å². The molecule has 3 N–H and O–H groups in total. The third-order valence-corrected chi connectivity index (χ3v) is 2.74. The van der Waals surface area contributed by atoms with E-state index >= 15 is 0 Å². The highest BCUT2D eigenvalue weighted by atomic mass is 35.5. The van der Waals surface area contributed by atoms with Crippen molar-refractivity contribution in [1.82, 2.24) is 0 Å². The molecule has 1 aromatic rings. The molecule has 3 nitrogen and oxygen atoms in total. The van der Waals surface area contributed by atoms with Gasteiger partial charge in [-0.05, 0) is 22.6 Å². The first-order valence-electron chi connectivity index (χ1n) is 5.02. The van der Waals surface area contributed by atoms with Gasteiger partial charge in [0.25, 0.3) is 0 Å². The minimum Gasteiger partial charge on any atom is -0.480 e. The van der Waals surface area contributed by atoms with E-state index in [-0.39, 0.29) is 5.41 Å². The Kier molecular flexibility index (Phi) is 3.61. The number of aliphatic carboxylic acids is 1. The van der Waals surface area contributed by atoms with Crippen LogP contribution in [0, 0.1) is 0 Å². The number of hydrogen-bond donors (Lipinski definition) is 2. The molecule has 0 aliphatic heterocycles. The Morgan fingerprint density at radius 2 is 2.00 bits per heavy atom. The summed E-state index contributed by atoms with van der Waals surface area (Å²) in [7, 11) is 0. The third kappa shape index (κ3) is 2.74. The number of nitrogens with two attached hydrogens (primary N) is 1. The van der Waals surface area contributed by atoms with E-state index < -0.39 is 12.0 Å². The average Bonchev–Trinajstić information content (AvgIpc) is 2.14. The molecule has 0 aliphatic carbocycles. The number of benzene rings is 1. The van der Waals surface area contributed by atoms with E-state index in [1.54, 1.807) is 12.1 Å². The van der Waals surface area contributed by atoms with Gasteiger partial charge in [-0.25, -0.2) is 0 Å². The Bertz CT molecular complexity index is 410. The fourth-order valence-corrected chi connectivity index (χ4v) is 1.95. The van der Waals surface area contributed by atoms with Crippen molar-refractivity contribution in [1.29, 1.82) is 0 Å². The van der Waals surface area contributed by atoms with E-state index in [1.165, 1.54) is 0 Å². The molecular weight excluding hydrogens is 226 g/mol. The van der Waals surface area contributed by atoms with Crippen LogP contribution in [0.3, 0.4) is 0 Å². The normalized spacial score (nSPS) is 13.6. The molecular formula is C12H16ClNO2. The topological polar surface area (TPSA) is 63.3 Å². The van der Waals surface area contributed by atoms with Crippen LogP contribution in [-0.4, -0.2) is 11.1 Å². The van der Waals surface area contributed by atoms with Crippen molar-refractivity contribution in [2.24, 2.45) is 5.73 Å². The van der Waals surface area contributed by atoms with E-state index in [1.807, 2.05) is 26.8 Å². The maximum absolute atomic E-state index is 10.7. The number of carbonyl (C=O) groups is 1. The number of halogens is 1. The molecule has 1 unspecified atom stereocenters. The van der Waals surface area contributed by atoms with Gasteiger partial charge in [-0.2, -0.15) is 0 Å². The Balaban J connectivity index is 3.14. The lowest BCUT2D eigenvalue weighted by Crippen LogP contribution is -2.21. The second kappa shape index (κ2) is 4.44. The van der Waals surface area contributed by atoms with Crippen LogP contribution in [0.1, 0.15) is 37.9 Å². The van der Waals surface area contributed by atoms with Crippen molar-refractivity contribution in [3.05, 3.63) is 34.3 Å². The summed E-state index contributed by atoms with van der Waals surface area (Å²) < 4.78 is 0. The summed E-state index contributed by atoms with van der Waals surface area (Å²) in [6, 6.07) is 4.15. The van der Waals surface area contributed by atoms with Crippen LogP contribution < -0.4 is 5.73 Å². The maximum Gasteiger partial charge on any atom is 0.325 e. The van der Waals surface area contributed by atoms with Crippen molar-refractivity contribution in [3.63, 3.8) is 0 Å². The molecule has 16 heavy (non-hydrogen) atoms. The van der Waals surface area contributed by atoms with Crippen LogP contribution in [0.15, 0.2) is 18.2 Å². The van der Waals surface area contributed by atoms with Crippen LogP contribution in [-0.2, 0) is 10.2 Å². The Morgan fingerprint density at radius 1 is 1.44 bits per heavy atom. The molecule has 0 spiro atoms. The van der Waals surface area contributed by atoms with Crippen LogP contribution in [0.25, 0.3) is 0 Å². The van der Waals surface area contributed by atoms with Crippen LogP contribution >= 0.6 is 11.6 Å². The number of carboxylic acid groups (broad SMARTS) is 1. The molecule has 1 rings (SSSR count). The minimum absolute atomic E-state index is 0.0665. The summed E-state index contributed by atoms with van der Waals surface area (Å²) in [5, 5.41) is 9.34. The smallest absolute Gasteiger partial charge is 0.325 e. The van der Waals surface area contributed by atoms with Crippen molar-refractivity contribution in [2.75, 3.05) is 0 Å². The predicted octanol–water partition coefficient (Wildman–Crippen LogP) is 2.72. The highest BCUT2D eigenvalue weighted by Crippen LogP contribution is 2.31. The zero-order valence-corrected chi connectivity index (χ0v) is 10.4. The van der Waals surface area contributed by atoms with Crippen LogP contribution in [0.4, 0.5) is 0 Å². The standard InChI is InChI=1S/C12H16ClNO2/c1-12(2,3)8-5-4-7(6-9(8)13)10(14)11(15)16/h4-6,10H,14H2,1-3H3,(H,15,16). The SMILES string of the molecule is CC(C)(C)c1ccc(C(N)C(=O)O)cc1Cl. The average molecular weight is 242 g/mol. The second-order valence-corrected chi connectivity index (χ2v) is 5.21. The molecule has 0 radical (unpaired) electrons. The van der Waals surface area contributed by atoms with E-state index in [9.17, 15) is 4.79 Å². The van der Waals surface area contributed by atoms with Gasteiger partial charge in [0.2, 0.25) is 0 Å². The number of carboxylic acids is 1. The molecule has 0 fully saturated rings. The van der Waals surface area contributed by atoms with E-state index in [2.05, 4.69) is 0 Å². The third-order valence-electron chi connectivity index (χ3n) is 2.43. The first-order valence-corrected chi connectivity index (χ1v) is 5.39. The monoisotopic (exact) mass is 241 g/mol. The van der Waals surface area contributed by atoms with Crippen molar-refractivity contribution < 1.29 is 9.90 Å². The molecule has 0 aromatic heterocycles. The van der Waals surface area contributed by atoms with Gasteiger partial charge in [-0.15, -0.1) is 0 Å². The summed E-state index contributed by atoms with van der Waals surface area (Å²) in [6.45, 7) is 6.14. The van der Waals surface area contributed by atoms with E-state index in [4.69, 9.17) is 22.4 Å². The van der Waals surface area contributed by atoms with E-state index in [0.29, 0.717) is 10.6 Å². The van der Waals surface area contributed by atoms with Gasteiger partial charge in [-0.1, -0.05) is 44.5 Å². The summed E-state index contributed by atoms with van der Waals surface area (Å²) in [5.41, 5.74) is 6.94. The zero-order valence-electron chi connectivity index (χ0n) is 9.62. The molecule has 0 aliphatic rings. The molecule has 0 bridgehead atoms. The van der Waals surface area contributed by atoms with Crippen molar-refractivity contribution >= 4 is 17.6 Å². The lowest BCUT2D eigenvalue weighted by molar-refractivity contribution is -0.138. The second-order valence-electron chi connectivity index (χ2n) is 4.81. The largest absolute Gasteiger partial charge is 0.480 e. The Labute approximate surface area is 100 Å². The van der Waals surface area contributed by atoms with Gasteiger partial charge < -0.3 is 10.8 Å². The minimum atomic E-state index is -1.06. The van der Waals surface area contributed by atoms with Crippen molar-refractivity contribution in [2.45, 2.75) is 32.2 Å². The molecule has 0 saturated carbocycles. The first kappa shape index (κ1) is 13.0. The number of rotatable bonds is 2. The lowest BCUT2D eigenvalue weighted by atomic mass is 9.86. The lowest BCUT2D eigenvalue weighted by Gasteiger charge is -2.21. The number of hydrogen-bond acceptors (Lipinski definition) is 2. The fraction of sp³-hybridized carbons (Fsp3) is 0.417. The summed E-state index contributed by atoms with van der Waals surface area (Å²) in [4.78, 5) is 10.7. The Hall–Kier alpha value is -1.06. The predicted molar refractivity (Wildman–Crippen MR) is 64.7 cm³/mol. The van der Waals surface area contributed by atoms with Crippen LogP contribution in [0.5, 0.6) is 0 Å². The fourth-order valence-electron chi connectivity index (χ4n) is 1.48. The zero-order chi connectivity index (χ0) is 12.5. The highest BCUT2D eigenvalue weighted by Gasteiger charge is 2.20. The van der Waals surface area contributed by atoms with Crippen molar-refractivity contribution in [3.8, 4) is 0 Å². The molecule has 88 valence electrons. The van der Waals surface area contributed by atoms with Gasteiger partial charge in [-0.3, -0.25) is 4.79 Å². The molecule has 4 heteroatoms. The Morgan fingerprint density at radius 3 is 2.38 bits per heavy atom. The molecule has 0 amide bonds. The summed E-state index contributed by atoms with van der Waals surface area (Å²) >= 11 is 6.11. The highest BCUT2D eigenvalue weighted by molar-refractivity contribution is 6.31. The quantitative estimate of drug-likeness (QED) is 0.837. The maximum atomic E-state index is 10.7. The molecule has 0 saturated heterocycles. The van der Waals surface area contributed by atoms with Crippen LogP contribution in [0.2, 0.25) is 5.02 Å². The van der Waals surface area contributed by atoms with Gasteiger partial charge in [0.1, 0.15) is 6.04 Å². The summed E-state index contributed by atoms with van der Waals surface area (Å²) in [6.07, 6.45) is 0. The van der Waals surface area contributed by atoms with Gasteiger partial charge in [0, 0.05) is 5.02 Å².